The van der Waals surface area contributed by atoms with Crippen LogP contribution < -0.4 is 9.64 Å². The smallest absolute Gasteiger partial charge is 0.328 e. The molecule has 0 aromatic heterocycles. The fourth-order valence-electron chi connectivity index (χ4n) is 2.16. The maximum atomic E-state index is 10.5. The lowest BCUT2D eigenvalue weighted by Gasteiger charge is -2.23. The van der Waals surface area contributed by atoms with Crippen LogP contribution in [-0.2, 0) is 4.79 Å². The summed E-state index contributed by atoms with van der Waals surface area (Å²) in [5.74, 6) is -0.0112. The molecule has 0 radical (unpaired) electrons. The first kappa shape index (κ1) is 15.1. The van der Waals surface area contributed by atoms with Gasteiger partial charge in [0.2, 0.25) is 0 Å². The van der Waals surface area contributed by atoms with Gasteiger partial charge in [-0.3, -0.25) is 0 Å². The lowest BCUT2D eigenvalue weighted by atomic mass is 10.0. The van der Waals surface area contributed by atoms with Gasteiger partial charge >= 0.3 is 5.97 Å². The Labute approximate surface area is 114 Å². The summed E-state index contributed by atoms with van der Waals surface area (Å²) in [6.07, 6.45) is 2.80. The van der Waals surface area contributed by atoms with Gasteiger partial charge in [-0.15, -0.1) is 0 Å². The Balaban J connectivity index is 3.04. The molecule has 0 atom stereocenters. The summed E-state index contributed by atoms with van der Waals surface area (Å²) in [5, 5.41) is 8.59. The van der Waals surface area contributed by atoms with Gasteiger partial charge in [-0.25, -0.2) is 4.79 Å². The Morgan fingerprint density at radius 2 is 2.00 bits per heavy atom. The average Bonchev–Trinajstić information content (AvgIpc) is 2.33. The highest BCUT2D eigenvalue weighted by molar-refractivity contribution is 5.79. The van der Waals surface area contributed by atoms with Crippen molar-refractivity contribution < 1.29 is 14.6 Å². The zero-order chi connectivity index (χ0) is 14.6. The number of likely N-dealkylation sites (N-methyl/N-ethyl adjacent to an activating group) is 1. The van der Waals surface area contributed by atoms with Crippen LogP contribution in [0.4, 0.5) is 5.69 Å². The summed E-state index contributed by atoms with van der Waals surface area (Å²) in [5.41, 5.74) is 4.43. The first-order chi connectivity index (χ1) is 8.88. The molecule has 1 aromatic rings. The third-order valence-electron chi connectivity index (χ3n) is 3.25. The van der Waals surface area contributed by atoms with E-state index in [1.807, 2.05) is 32.7 Å². The van der Waals surface area contributed by atoms with Crippen molar-refractivity contribution >= 4 is 11.7 Å². The number of hydrogen-bond donors (Lipinski definition) is 1. The van der Waals surface area contributed by atoms with Crippen molar-refractivity contribution in [2.45, 2.75) is 20.8 Å². The van der Waals surface area contributed by atoms with E-state index >= 15 is 0 Å². The molecule has 0 aliphatic rings. The van der Waals surface area contributed by atoms with E-state index in [1.54, 1.807) is 13.2 Å². The Bertz CT molecular complexity index is 507. The standard InChI is InChI=1S/C15H21NO3/c1-10-9-13(11(2)12(3)15(10)19-5)16(4)8-6-7-14(17)18/h6-7,9H,8H2,1-5H3,(H,17,18)/b7-6+. The van der Waals surface area contributed by atoms with Crippen molar-refractivity contribution in [2.24, 2.45) is 0 Å². The number of carbonyl (C=O) groups is 1. The highest BCUT2D eigenvalue weighted by Crippen LogP contribution is 2.32. The number of rotatable bonds is 5. The lowest BCUT2D eigenvalue weighted by molar-refractivity contribution is -0.131. The van der Waals surface area contributed by atoms with Crippen LogP contribution in [0.5, 0.6) is 5.75 Å². The Hall–Kier alpha value is -1.97. The van der Waals surface area contributed by atoms with Gasteiger partial charge in [0.15, 0.2) is 0 Å². The van der Waals surface area contributed by atoms with E-state index in [4.69, 9.17) is 9.84 Å². The van der Waals surface area contributed by atoms with Crippen molar-refractivity contribution in [3.63, 3.8) is 0 Å². The summed E-state index contributed by atoms with van der Waals surface area (Å²) in [4.78, 5) is 12.5. The van der Waals surface area contributed by atoms with E-state index in [0.29, 0.717) is 6.54 Å². The minimum Gasteiger partial charge on any atom is -0.496 e. The van der Waals surface area contributed by atoms with Crippen molar-refractivity contribution in [2.75, 3.05) is 25.6 Å². The second-order valence-electron chi connectivity index (χ2n) is 4.62. The molecule has 0 aliphatic carbocycles. The molecule has 0 amide bonds. The molecule has 4 heteroatoms. The van der Waals surface area contributed by atoms with E-state index in [-0.39, 0.29) is 0 Å². The minimum atomic E-state index is -0.924. The fraction of sp³-hybridized carbons (Fsp3) is 0.400. The number of methoxy groups -OCH3 is 1. The van der Waals surface area contributed by atoms with Gasteiger partial charge in [0.05, 0.1) is 7.11 Å². The van der Waals surface area contributed by atoms with Gasteiger partial charge in [-0.1, -0.05) is 6.08 Å². The van der Waals surface area contributed by atoms with Crippen LogP contribution in [0.1, 0.15) is 16.7 Å². The molecule has 0 saturated carbocycles. The zero-order valence-electron chi connectivity index (χ0n) is 12.2. The topological polar surface area (TPSA) is 49.8 Å². The van der Waals surface area contributed by atoms with Crippen molar-refractivity contribution in [3.05, 3.63) is 34.9 Å². The Morgan fingerprint density at radius 1 is 1.37 bits per heavy atom. The van der Waals surface area contributed by atoms with Gasteiger partial charge < -0.3 is 14.7 Å². The Morgan fingerprint density at radius 3 is 2.53 bits per heavy atom. The van der Waals surface area contributed by atoms with E-state index < -0.39 is 5.97 Å². The number of benzene rings is 1. The van der Waals surface area contributed by atoms with E-state index in [0.717, 1.165) is 34.2 Å². The summed E-state index contributed by atoms with van der Waals surface area (Å²) in [6.45, 7) is 6.64. The molecule has 104 valence electrons. The fourth-order valence-corrected chi connectivity index (χ4v) is 2.16. The molecular weight excluding hydrogens is 242 g/mol. The molecule has 0 spiro atoms. The SMILES string of the molecule is COc1c(C)cc(N(C)C/C=C/C(=O)O)c(C)c1C. The Kier molecular flexibility index (Phi) is 4.98. The molecule has 0 fully saturated rings. The number of nitrogens with zero attached hydrogens (tertiary/aromatic N) is 1. The molecule has 0 unspecified atom stereocenters. The predicted molar refractivity (Wildman–Crippen MR) is 77.3 cm³/mol. The van der Waals surface area contributed by atoms with Gasteiger partial charge in [0, 0.05) is 25.4 Å². The van der Waals surface area contributed by atoms with E-state index in [2.05, 4.69) is 6.07 Å². The molecular formula is C15H21NO3. The van der Waals surface area contributed by atoms with Crippen LogP contribution >= 0.6 is 0 Å². The number of carboxylic acids is 1. The first-order valence-corrected chi connectivity index (χ1v) is 6.13. The predicted octanol–water partition coefficient (Wildman–Crippen LogP) is 2.70. The number of hydrogen-bond acceptors (Lipinski definition) is 3. The number of anilines is 1. The average molecular weight is 263 g/mol. The minimum absolute atomic E-state index is 0.554. The molecule has 0 bridgehead atoms. The molecule has 1 rings (SSSR count). The first-order valence-electron chi connectivity index (χ1n) is 6.13. The third kappa shape index (κ3) is 3.50. The molecule has 0 saturated heterocycles. The largest absolute Gasteiger partial charge is 0.496 e. The van der Waals surface area contributed by atoms with E-state index in [1.165, 1.54) is 0 Å². The maximum absolute atomic E-state index is 10.5. The van der Waals surface area contributed by atoms with Gasteiger partial charge in [0.1, 0.15) is 5.75 Å². The van der Waals surface area contributed by atoms with Crippen LogP contribution in [0, 0.1) is 20.8 Å². The second-order valence-corrected chi connectivity index (χ2v) is 4.62. The van der Waals surface area contributed by atoms with Crippen LogP contribution in [-0.4, -0.2) is 31.8 Å². The highest BCUT2D eigenvalue weighted by atomic mass is 16.5. The van der Waals surface area contributed by atoms with Gasteiger partial charge in [-0.05, 0) is 43.5 Å². The highest BCUT2D eigenvalue weighted by Gasteiger charge is 2.12. The lowest BCUT2D eigenvalue weighted by Crippen LogP contribution is -2.19. The third-order valence-corrected chi connectivity index (χ3v) is 3.25. The van der Waals surface area contributed by atoms with Gasteiger partial charge in [0.25, 0.3) is 0 Å². The second kappa shape index (κ2) is 6.27. The number of aliphatic carboxylic acids is 1. The summed E-state index contributed by atoms with van der Waals surface area (Å²) >= 11 is 0. The zero-order valence-corrected chi connectivity index (χ0v) is 12.2. The molecule has 0 heterocycles. The molecule has 1 aromatic carbocycles. The van der Waals surface area contributed by atoms with Crippen molar-refractivity contribution in [1.82, 2.24) is 0 Å². The van der Waals surface area contributed by atoms with Crippen LogP contribution in [0.3, 0.4) is 0 Å². The van der Waals surface area contributed by atoms with E-state index in [9.17, 15) is 4.79 Å². The van der Waals surface area contributed by atoms with Crippen LogP contribution in [0.25, 0.3) is 0 Å². The molecule has 1 N–H and O–H groups in total. The van der Waals surface area contributed by atoms with Gasteiger partial charge in [-0.2, -0.15) is 0 Å². The number of ether oxygens (including phenoxy) is 1. The number of aryl methyl sites for hydroxylation is 1. The molecule has 0 aliphatic heterocycles. The monoisotopic (exact) mass is 263 g/mol. The summed E-state index contributed by atoms with van der Waals surface area (Å²) < 4.78 is 5.39. The molecule has 4 nitrogen and oxygen atoms in total. The summed E-state index contributed by atoms with van der Waals surface area (Å²) in [6, 6.07) is 2.07. The summed E-state index contributed by atoms with van der Waals surface area (Å²) in [7, 11) is 3.62. The molecule has 19 heavy (non-hydrogen) atoms. The maximum Gasteiger partial charge on any atom is 0.328 e. The van der Waals surface area contributed by atoms with Crippen molar-refractivity contribution in [3.8, 4) is 5.75 Å². The van der Waals surface area contributed by atoms with Crippen LogP contribution in [0.15, 0.2) is 18.2 Å². The van der Waals surface area contributed by atoms with Crippen LogP contribution in [0.2, 0.25) is 0 Å². The number of carboxylic acid groups (broad SMARTS) is 1. The normalized spacial score (nSPS) is 10.8. The quantitative estimate of drug-likeness (QED) is 0.830. The van der Waals surface area contributed by atoms with Crippen molar-refractivity contribution in [1.29, 1.82) is 0 Å².